The molecule has 1 aromatic heterocycles. The first kappa shape index (κ1) is 13.3. The molecule has 0 aliphatic rings. The van der Waals surface area contributed by atoms with Crippen molar-refractivity contribution in [3.63, 3.8) is 0 Å². The van der Waals surface area contributed by atoms with Gasteiger partial charge in [-0.2, -0.15) is 5.10 Å². The summed E-state index contributed by atoms with van der Waals surface area (Å²) in [5.41, 5.74) is 7.34. The fourth-order valence-corrected chi connectivity index (χ4v) is 2.31. The number of nitrogens with zero attached hydrogens (tertiary/aromatic N) is 2. The largest absolute Gasteiger partial charge is 0.383 e. The van der Waals surface area contributed by atoms with Crippen LogP contribution < -0.4 is 5.73 Å². The monoisotopic (exact) mass is 285 g/mol. The summed E-state index contributed by atoms with van der Waals surface area (Å²) in [4.78, 5) is 0. The Bertz CT molecular complexity index is 809. The summed E-state index contributed by atoms with van der Waals surface area (Å²) in [6.07, 6.45) is 0. The summed E-state index contributed by atoms with van der Waals surface area (Å²) in [7, 11) is 1.64. The van der Waals surface area contributed by atoms with Gasteiger partial charge in [-0.3, -0.25) is 4.68 Å². The maximum Gasteiger partial charge on any atom is 0.132 e. The van der Waals surface area contributed by atoms with Crippen molar-refractivity contribution in [2.24, 2.45) is 7.05 Å². The van der Waals surface area contributed by atoms with Crippen LogP contribution in [0.1, 0.15) is 0 Å². The highest BCUT2D eigenvalue weighted by atomic mass is 19.1. The Hall–Kier alpha value is -2.69. The average molecular weight is 285 g/mol. The maximum atomic E-state index is 14.1. The van der Waals surface area contributed by atoms with Gasteiger partial charge in [-0.05, 0) is 18.2 Å². The Balaban J connectivity index is 2.32. The van der Waals surface area contributed by atoms with Crippen molar-refractivity contribution in [1.29, 1.82) is 0 Å². The molecule has 21 heavy (non-hydrogen) atoms. The van der Waals surface area contributed by atoms with E-state index >= 15 is 0 Å². The lowest BCUT2D eigenvalue weighted by atomic mass is 10.00. The van der Waals surface area contributed by atoms with Crippen molar-refractivity contribution in [2.75, 3.05) is 5.73 Å². The predicted molar refractivity (Wildman–Crippen MR) is 78.4 cm³/mol. The number of nitrogen functional groups attached to an aromatic ring is 1. The summed E-state index contributed by atoms with van der Waals surface area (Å²) >= 11 is 0. The van der Waals surface area contributed by atoms with E-state index in [1.165, 1.54) is 16.8 Å². The van der Waals surface area contributed by atoms with Gasteiger partial charge in [-0.15, -0.1) is 0 Å². The zero-order chi connectivity index (χ0) is 15.0. The van der Waals surface area contributed by atoms with Gasteiger partial charge in [-0.1, -0.05) is 30.3 Å². The van der Waals surface area contributed by atoms with E-state index in [4.69, 9.17) is 5.73 Å². The molecule has 0 unspecified atom stereocenters. The Kier molecular flexibility index (Phi) is 3.17. The highest BCUT2D eigenvalue weighted by molar-refractivity contribution is 5.88. The Morgan fingerprint density at radius 2 is 1.43 bits per heavy atom. The molecule has 0 spiro atoms. The quantitative estimate of drug-likeness (QED) is 0.781. The third-order valence-electron chi connectivity index (χ3n) is 3.36. The lowest BCUT2D eigenvalue weighted by molar-refractivity contribution is 0.628. The number of benzene rings is 2. The number of halogens is 2. The second-order valence-electron chi connectivity index (χ2n) is 4.69. The highest BCUT2D eigenvalue weighted by Crippen LogP contribution is 2.37. The van der Waals surface area contributed by atoms with Crippen molar-refractivity contribution in [2.45, 2.75) is 0 Å². The molecule has 0 saturated heterocycles. The Morgan fingerprint density at radius 1 is 0.905 bits per heavy atom. The van der Waals surface area contributed by atoms with Crippen molar-refractivity contribution in [1.82, 2.24) is 9.78 Å². The summed E-state index contributed by atoms with van der Waals surface area (Å²) in [6.45, 7) is 0. The van der Waals surface area contributed by atoms with Crippen LogP contribution in [0.2, 0.25) is 0 Å². The van der Waals surface area contributed by atoms with E-state index in [9.17, 15) is 8.78 Å². The minimum absolute atomic E-state index is 0.290. The number of aryl methyl sites for hydroxylation is 1. The molecule has 0 fully saturated rings. The normalized spacial score (nSPS) is 10.8. The van der Waals surface area contributed by atoms with Crippen LogP contribution in [0.25, 0.3) is 22.4 Å². The van der Waals surface area contributed by atoms with Crippen molar-refractivity contribution in [3.05, 3.63) is 60.2 Å². The van der Waals surface area contributed by atoms with Gasteiger partial charge in [0.1, 0.15) is 23.1 Å². The molecule has 0 aliphatic carbocycles. The van der Waals surface area contributed by atoms with Gasteiger partial charge in [0.05, 0.1) is 5.56 Å². The van der Waals surface area contributed by atoms with Gasteiger partial charge >= 0.3 is 0 Å². The van der Waals surface area contributed by atoms with Gasteiger partial charge in [0, 0.05) is 18.2 Å². The molecule has 0 saturated carbocycles. The van der Waals surface area contributed by atoms with Crippen LogP contribution in [0.15, 0.2) is 48.5 Å². The smallest absolute Gasteiger partial charge is 0.132 e. The third-order valence-corrected chi connectivity index (χ3v) is 3.36. The van der Waals surface area contributed by atoms with E-state index < -0.39 is 11.6 Å². The minimum Gasteiger partial charge on any atom is -0.383 e. The van der Waals surface area contributed by atoms with Crippen LogP contribution >= 0.6 is 0 Å². The molecule has 3 aromatic rings. The maximum absolute atomic E-state index is 14.1. The number of hydrogen-bond donors (Lipinski definition) is 1. The SMILES string of the molecule is Cn1nc(-c2ccccc2F)c(-c2ccccc2F)c1N. The van der Waals surface area contributed by atoms with Gasteiger partial charge < -0.3 is 5.73 Å². The second-order valence-corrected chi connectivity index (χ2v) is 4.69. The minimum atomic E-state index is -0.423. The lowest BCUT2D eigenvalue weighted by Crippen LogP contribution is -1.98. The second kappa shape index (κ2) is 5.01. The number of anilines is 1. The lowest BCUT2D eigenvalue weighted by Gasteiger charge is -2.06. The van der Waals surface area contributed by atoms with Crippen LogP contribution in [-0.4, -0.2) is 9.78 Å². The predicted octanol–water partition coefficient (Wildman–Crippen LogP) is 3.61. The molecule has 0 amide bonds. The molecule has 0 radical (unpaired) electrons. The van der Waals surface area contributed by atoms with Crippen molar-refractivity contribution in [3.8, 4) is 22.4 Å². The van der Waals surface area contributed by atoms with E-state index in [2.05, 4.69) is 5.10 Å². The summed E-state index contributed by atoms with van der Waals surface area (Å²) in [6, 6.07) is 12.5. The fraction of sp³-hybridized carbons (Fsp3) is 0.0625. The first-order valence-electron chi connectivity index (χ1n) is 6.42. The molecule has 3 nitrogen and oxygen atoms in total. The first-order chi connectivity index (χ1) is 10.1. The zero-order valence-corrected chi connectivity index (χ0v) is 11.3. The highest BCUT2D eigenvalue weighted by Gasteiger charge is 2.21. The number of nitrogens with two attached hydrogens (primary N) is 1. The summed E-state index contributed by atoms with van der Waals surface area (Å²) < 4.78 is 29.5. The van der Waals surface area contributed by atoms with Crippen molar-refractivity contribution < 1.29 is 8.78 Å². The van der Waals surface area contributed by atoms with E-state index in [0.717, 1.165) is 0 Å². The summed E-state index contributed by atoms with van der Waals surface area (Å²) in [5, 5.41) is 4.24. The van der Waals surface area contributed by atoms with Gasteiger partial charge in [0.2, 0.25) is 0 Å². The van der Waals surface area contributed by atoms with Crippen LogP contribution in [0.3, 0.4) is 0 Å². The van der Waals surface area contributed by atoms with Crippen LogP contribution in [0.4, 0.5) is 14.6 Å². The molecule has 3 rings (SSSR count). The van der Waals surface area contributed by atoms with Crippen LogP contribution in [0.5, 0.6) is 0 Å². The van der Waals surface area contributed by atoms with Crippen molar-refractivity contribution >= 4 is 5.82 Å². The van der Waals surface area contributed by atoms with Gasteiger partial charge in [-0.25, -0.2) is 8.78 Å². The molecule has 106 valence electrons. The zero-order valence-electron chi connectivity index (χ0n) is 11.3. The molecule has 1 heterocycles. The van der Waals surface area contributed by atoms with Crippen LogP contribution in [-0.2, 0) is 7.05 Å². The van der Waals surface area contributed by atoms with Gasteiger partial charge in [0.25, 0.3) is 0 Å². The van der Waals surface area contributed by atoms with Crippen LogP contribution in [0, 0.1) is 11.6 Å². The Morgan fingerprint density at radius 3 is 2.00 bits per heavy atom. The molecular weight excluding hydrogens is 272 g/mol. The molecule has 5 heteroatoms. The Labute approximate surface area is 120 Å². The number of rotatable bonds is 2. The van der Waals surface area contributed by atoms with Gasteiger partial charge in [0.15, 0.2) is 0 Å². The topological polar surface area (TPSA) is 43.8 Å². The molecule has 2 aromatic carbocycles. The molecule has 0 bridgehead atoms. The van der Waals surface area contributed by atoms with E-state index in [1.807, 2.05) is 0 Å². The molecule has 0 aliphatic heterocycles. The fourth-order valence-electron chi connectivity index (χ4n) is 2.31. The van der Waals surface area contributed by atoms with E-state index in [1.54, 1.807) is 43.4 Å². The third kappa shape index (κ3) is 2.16. The molecular formula is C16H13F2N3. The van der Waals surface area contributed by atoms with E-state index in [0.29, 0.717) is 28.2 Å². The molecule has 0 atom stereocenters. The standard InChI is InChI=1S/C16H13F2N3/c1-21-16(19)14(10-6-2-4-8-12(10)17)15(20-21)11-7-3-5-9-13(11)18/h2-9H,19H2,1H3. The average Bonchev–Trinajstić information content (AvgIpc) is 2.76. The number of aromatic nitrogens is 2. The first-order valence-corrected chi connectivity index (χ1v) is 6.42. The summed E-state index contributed by atoms with van der Waals surface area (Å²) in [5.74, 6) is -0.554. The van der Waals surface area contributed by atoms with E-state index in [-0.39, 0.29) is 0 Å². The number of hydrogen-bond acceptors (Lipinski definition) is 2. The molecule has 2 N–H and O–H groups in total.